The fraction of sp³-hybridized carbons (Fsp3) is 0.250. The van der Waals surface area contributed by atoms with Crippen molar-refractivity contribution in [1.82, 2.24) is 9.38 Å². The third-order valence-corrected chi connectivity index (χ3v) is 6.15. The second-order valence-corrected chi connectivity index (χ2v) is 8.90. The van der Waals surface area contributed by atoms with Crippen LogP contribution < -0.4 is 0 Å². The van der Waals surface area contributed by atoms with Crippen molar-refractivity contribution in [2.75, 3.05) is 0 Å². The minimum Gasteiger partial charge on any atom is -0.333 e. The van der Waals surface area contributed by atoms with E-state index in [0.717, 1.165) is 11.0 Å². The van der Waals surface area contributed by atoms with Gasteiger partial charge in [-0.1, -0.05) is 69.0 Å². The third kappa shape index (κ3) is 3.41. The smallest absolute Gasteiger partial charge is 0.0639 e. The molecule has 5 rings (SSSR count). The Bertz CT molecular complexity index is 1380. The Morgan fingerprint density at radius 3 is 2.26 bits per heavy atom. The standard InChI is InChI=1S/C28H27N2.Ir/c1-17(2)20-11-8-12-21(18(3)4)27(20)26-16-29-28-23-10-7-6-9-22(23)24-15-19(5)13-14-25(24)30(26)28;/h6-9,11-18H,1-5H3;/q-1;. The van der Waals surface area contributed by atoms with Gasteiger partial charge in [0.25, 0.3) is 0 Å². The molecule has 3 aromatic carbocycles. The van der Waals surface area contributed by atoms with E-state index in [2.05, 4.69) is 99.8 Å². The summed E-state index contributed by atoms with van der Waals surface area (Å²) in [6, 6.07) is 23.1. The van der Waals surface area contributed by atoms with Gasteiger partial charge in [0.2, 0.25) is 0 Å². The Morgan fingerprint density at radius 2 is 1.58 bits per heavy atom. The molecule has 159 valence electrons. The van der Waals surface area contributed by atoms with Crippen LogP contribution in [0.15, 0.2) is 60.8 Å². The van der Waals surface area contributed by atoms with E-state index < -0.39 is 0 Å². The first kappa shape index (κ1) is 21.7. The molecule has 0 unspecified atom stereocenters. The summed E-state index contributed by atoms with van der Waals surface area (Å²) in [6.07, 6.45) is 2.06. The van der Waals surface area contributed by atoms with Crippen LogP contribution in [-0.2, 0) is 20.1 Å². The molecule has 31 heavy (non-hydrogen) atoms. The van der Waals surface area contributed by atoms with Crippen molar-refractivity contribution < 1.29 is 20.1 Å². The van der Waals surface area contributed by atoms with Gasteiger partial charge in [0, 0.05) is 37.4 Å². The van der Waals surface area contributed by atoms with Gasteiger partial charge in [-0.05, 0) is 41.3 Å². The number of benzene rings is 3. The molecule has 0 aliphatic carbocycles. The molecular formula is C28H27IrN2-. The Hall–Kier alpha value is -2.48. The predicted octanol–water partition coefficient (Wildman–Crippen LogP) is 7.66. The zero-order valence-electron chi connectivity index (χ0n) is 18.7. The summed E-state index contributed by atoms with van der Waals surface area (Å²) in [7, 11) is 0. The molecule has 0 bridgehead atoms. The van der Waals surface area contributed by atoms with Crippen LogP contribution >= 0.6 is 0 Å². The van der Waals surface area contributed by atoms with Crippen LogP contribution in [0.2, 0.25) is 0 Å². The first-order chi connectivity index (χ1) is 14.5. The summed E-state index contributed by atoms with van der Waals surface area (Å²) in [6.45, 7) is 11.3. The monoisotopic (exact) mass is 584 g/mol. The minimum absolute atomic E-state index is 0. The van der Waals surface area contributed by atoms with E-state index in [1.54, 1.807) is 0 Å². The fourth-order valence-corrected chi connectivity index (χ4v) is 4.70. The summed E-state index contributed by atoms with van der Waals surface area (Å²) < 4.78 is 2.35. The second-order valence-electron chi connectivity index (χ2n) is 8.90. The van der Waals surface area contributed by atoms with Gasteiger partial charge in [-0.2, -0.15) is 0 Å². The maximum atomic E-state index is 4.93. The second kappa shape index (κ2) is 8.22. The first-order valence-corrected chi connectivity index (χ1v) is 10.8. The maximum Gasteiger partial charge on any atom is 0.0639 e. The van der Waals surface area contributed by atoms with Crippen LogP contribution in [0.3, 0.4) is 0 Å². The molecule has 0 saturated heterocycles. The van der Waals surface area contributed by atoms with Crippen molar-refractivity contribution in [2.45, 2.75) is 46.5 Å². The van der Waals surface area contributed by atoms with Gasteiger partial charge in [-0.3, -0.25) is 4.98 Å². The SMILES string of the molecule is Cc1ccc2c(c1)c1ccc[c-]c1c1ncc(-c3c(C(C)C)cccc3C(C)C)n21.[Ir]. The van der Waals surface area contributed by atoms with E-state index >= 15 is 0 Å². The van der Waals surface area contributed by atoms with Crippen molar-refractivity contribution >= 4 is 27.3 Å². The molecule has 0 saturated carbocycles. The third-order valence-electron chi connectivity index (χ3n) is 6.15. The number of rotatable bonds is 3. The van der Waals surface area contributed by atoms with Crippen molar-refractivity contribution in [1.29, 1.82) is 0 Å². The van der Waals surface area contributed by atoms with Gasteiger partial charge in [-0.15, -0.1) is 29.7 Å². The van der Waals surface area contributed by atoms with Crippen LogP contribution in [0.5, 0.6) is 0 Å². The van der Waals surface area contributed by atoms with E-state index in [9.17, 15) is 0 Å². The molecule has 2 nitrogen and oxygen atoms in total. The topological polar surface area (TPSA) is 17.3 Å². The molecule has 0 N–H and O–H groups in total. The van der Waals surface area contributed by atoms with Gasteiger partial charge >= 0.3 is 0 Å². The minimum atomic E-state index is 0. The number of aryl methyl sites for hydroxylation is 1. The number of imidazole rings is 1. The zero-order chi connectivity index (χ0) is 21.0. The summed E-state index contributed by atoms with van der Waals surface area (Å²) in [5, 5.41) is 3.54. The van der Waals surface area contributed by atoms with Crippen LogP contribution in [0.25, 0.3) is 38.6 Å². The number of pyridine rings is 1. The van der Waals surface area contributed by atoms with Crippen LogP contribution in [0, 0.1) is 13.0 Å². The van der Waals surface area contributed by atoms with Crippen LogP contribution in [-0.4, -0.2) is 9.38 Å². The van der Waals surface area contributed by atoms with Crippen LogP contribution in [0.4, 0.5) is 0 Å². The molecule has 0 atom stereocenters. The van der Waals surface area contributed by atoms with E-state index in [4.69, 9.17) is 4.98 Å². The predicted molar refractivity (Wildman–Crippen MR) is 127 cm³/mol. The quantitative estimate of drug-likeness (QED) is 0.157. The Kier molecular flexibility index (Phi) is 5.77. The number of fused-ring (bicyclic) bond motifs is 6. The average Bonchev–Trinajstić information content (AvgIpc) is 3.18. The van der Waals surface area contributed by atoms with E-state index in [1.165, 1.54) is 44.2 Å². The molecule has 0 aliphatic heterocycles. The molecule has 0 amide bonds. The molecule has 2 aromatic heterocycles. The summed E-state index contributed by atoms with van der Waals surface area (Å²) in [5.41, 5.74) is 8.69. The van der Waals surface area contributed by atoms with Crippen molar-refractivity contribution in [3.05, 3.63) is 83.6 Å². The Morgan fingerprint density at radius 1 is 0.871 bits per heavy atom. The van der Waals surface area contributed by atoms with Crippen LogP contribution in [0.1, 0.15) is 56.2 Å². The first-order valence-electron chi connectivity index (χ1n) is 10.8. The number of nitrogens with zero attached hydrogens (tertiary/aromatic N) is 2. The largest absolute Gasteiger partial charge is 0.333 e. The number of hydrogen-bond acceptors (Lipinski definition) is 1. The summed E-state index contributed by atoms with van der Waals surface area (Å²) in [5.74, 6) is 0.870. The molecule has 0 spiro atoms. The molecule has 3 heteroatoms. The summed E-state index contributed by atoms with van der Waals surface area (Å²) in [4.78, 5) is 4.93. The fourth-order valence-electron chi connectivity index (χ4n) is 4.70. The average molecular weight is 584 g/mol. The van der Waals surface area contributed by atoms with E-state index in [1.807, 2.05) is 6.07 Å². The van der Waals surface area contributed by atoms with Gasteiger partial charge in [0.05, 0.1) is 11.3 Å². The Balaban J connectivity index is 0.00000231. The van der Waals surface area contributed by atoms with Gasteiger partial charge in [-0.25, -0.2) is 0 Å². The van der Waals surface area contributed by atoms with Gasteiger partial charge < -0.3 is 4.40 Å². The van der Waals surface area contributed by atoms with Crippen molar-refractivity contribution in [3.63, 3.8) is 0 Å². The van der Waals surface area contributed by atoms with Crippen molar-refractivity contribution in [2.24, 2.45) is 0 Å². The zero-order valence-corrected chi connectivity index (χ0v) is 21.1. The van der Waals surface area contributed by atoms with Gasteiger partial charge in [0.15, 0.2) is 0 Å². The molecule has 2 heterocycles. The molecule has 0 aliphatic rings. The normalized spacial score (nSPS) is 11.7. The molecule has 1 radical (unpaired) electrons. The maximum absolute atomic E-state index is 4.93. The summed E-state index contributed by atoms with van der Waals surface area (Å²) >= 11 is 0. The molecule has 0 fully saturated rings. The van der Waals surface area contributed by atoms with E-state index in [0.29, 0.717) is 11.8 Å². The molecular weight excluding hydrogens is 557 g/mol. The van der Waals surface area contributed by atoms with Crippen molar-refractivity contribution in [3.8, 4) is 11.3 Å². The van der Waals surface area contributed by atoms with E-state index in [-0.39, 0.29) is 20.1 Å². The van der Waals surface area contributed by atoms with Gasteiger partial charge in [0.1, 0.15) is 0 Å². The number of hydrogen-bond donors (Lipinski definition) is 0. The molecule has 5 aromatic rings. The number of aromatic nitrogens is 2. The Labute approximate surface area is 197 Å².